The van der Waals surface area contributed by atoms with E-state index in [9.17, 15) is 14.4 Å². The number of hydrogen-bond acceptors (Lipinski definition) is 3. The van der Waals surface area contributed by atoms with Crippen molar-refractivity contribution in [2.75, 3.05) is 19.0 Å². The summed E-state index contributed by atoms with van der Waals surface area (Å²) >= 11 is 5.58. The first-order valence-corrected chi connectivity index (χ1v) is 7.08. The highest BCUT2D eigenvalue weighted by Gasteiger charge is 2.49. The van der Waals surface area contributed by atoms with Crippen molar-refractivity contribution >= 4 is 29.4 Å². The summed E-state index contributed by atoms with van der Waals surface area (Å²) in [6, 6.07) is -0.471. The van der Waals surface area contributed by atoms with Crippen LogP contribution in [0.1, 0.15) is 32.1 Å². The molecule has 2 aliphatic heterocycles. The minimum Gasteiger partial charge on any atom is -0.340 e. The third-order valence-corrected chi connectivity index (χ3v) is 3.90. The van der Waals surface area contributed by atoms with Gasteiger partial charge in [-0.2, -0.15) is 0 Å². The number of alkyl halides is 1. The van der Waals surface area contributed by atoms with Crippen LogP contribution in [0.4, 0.5) is 4.79 Å². The largest absolute Gasteiger partial charge is 0.340 e. The lowest BCUT2D eigenvalue weighted by Gasteiger charge is -2.38. The summed E-state index contributed by atoms with van der Waals surface area (Å²) in [4.78, 5) is 36.8. The lowest BCUT2D eigenvalue weighted by Crippen LogP contribution is -2.59. The number of rotatable bonds is 4. The molecule has 0 aromatic rings. The Morgan fingerprint density at radius 2 is 2.16 bits per heavy atom. The second kappa shape index (κ2) is 5.77. The van der Waals surface area contributed by atoms with Crippen LogP contribution in [-0.2, 0) is 9.59 Å². The monoisotopic (exact) mass is 287 g/mol. The number of halogens is 1. The summed E-state index contributed by atoms with van der Waals surface area (Å²) in [5.74, 6) is 0.254. The Bertz CT molecular complexity index is 402. The lowest BCUT2D eigenvalue weighted by molar-refractivity contribution is -0.136. The zero-order chi connectivity index (χ0) is 13.9. The summed E-state index contributed by atoms with van der Waals surface area (Å²) in [6.45, 7) is 0.912. The van der Waals surface area contributed by atoms with Crippen LogP contribution in [-0.4, -0.2) is 47.3 Å². The molecule has 1 spiro atoms. The van der Waals surface area contributed by atoms with Crippen molar-refractivity contribution in [2.24, 2.45) is 0 Å². The maximum absolute atomic E-state index is 12.0. The molecule has 2 N–H and O–H groups in total. The van der Waals surface area contributed by atoms with Gasteiger partial charge in [-0.3, -0.25) is 14.9 Å². The molecule has 0 aromatic heterocycles. The van der Waals surface area contributed by atoms with Gasteiger partial charge in [-0.05, 0) is 25.7 Å². The van der Waals surface area contributed by atoms with E-state index >= 15 is 0 Å². The van der Waals surface area contributed by atoms with Crippen molar-refractivity contribution in [1.29, 1.82) is 0 Å². The van der Waals surface area contributed by atoms with Crippen molar-refractivity contribution in [3.63, 3.8) is 0 Å². The third-order valence-electron chi connectivity index (χ3n) is 3.63. The molecule has 2 aliphatic rings. The molecule has 19 heavy (non-hydrogen) atoms. The summed E-state index contributed by atoms with van der Waals surface area (Å²) in [7, 11) is 0. The average molecular weight is 288 g/mol. The fourth-order valence-electron chi connectivity index (χ4n) is 2.61. The van der Waals surface area contributed by atoms with Gasteiger partial charge in [0, 0.05) is 18.8 Å². The summed E-state index contributed by atoms with van der Waals surface area (Å²) in [5, 5.41) is 4.90. The predicted molar refractivity (Wildman–Crippen MR) is 69.8 cm³/mol. The van der Waals surface area contributed by atoms with Crippen LogP contribution in [0, 0.1) is 0 Å². The van der Waals surface area contributed by atoms with E-state index in [0.29, 0.717) is 25.3 Å². The first-order valence-electron chi connectivity index (χ1n) is 6.55. The number of urea groups is 1. The molecule has 0 aliphatic carbocycles. The summed E-state index contributed by atoms with van der Waals surface area (Å²) in [5.41, 5.74) is -0.919. The number of piperidine rings is 1. The van der Waals surface area contributed by atoms with Crippen molar-refractivity contribution < 1.29 is 14.4 Å². The van der Waals surface area contributed by atoms with Crippen LogP contribution in [0.5, 0.6) is 0 Å². The maximum atomic E-state index is 12.0. The Balaban J connectivity index is 1.95. The van der Waals surface area contributed by atoms with Gasteiger partial charge in [0.25, 0.3) is 5.91 Å². The number of carbonyl (C=O) groups excluding carboxylic acids is 3. The number of carbonyl (C=O) groups is 3. The van der Waals surface area contributed by atoms with Crippen molar-refractivity contribution in [3.8, 4) is 0 Å². The summed E-state index contributed by atoms with van der Waals surface area (Å²) < 4.78 is 0. The maximum Gasteiger partial charge on any atom is 0.322 e. The molecule has 2 saturated heterocycles. The zero-order valence-corrected chi connectivity index (χ0v) is 11.5. The molecule has 1 unspecified atom stereocenters. The molecule has 6 nitrogen and oxygen atoms in total. The van der Waals surface area contributed by atoms with E-state index in [0.717, 1.165) is 19.3 Å². The van der Waals surface area contributed by atoms with Crippen molar-refractivity contribution in [2.45, 2.75) is 37.6 Å². The molecule has 0 bridgehead atoms. The van der Waals surface area contributed by atoms with Gasteiger partial charge in [0.15, 0.2) is 0 Å². The van der Waals surface area contributed by atoms with Gasteiger partial charge in [0.05, 0.1) is 6.54 Å². The molecule has 0 radical (unpaired) electrons. The van der Waals surface area contributed by atoms with E-state index in [1.54, 1.807) is 4.90 Å². The van der Waals surface area contributed by atoms with E-state index in [1.165, 1.54) is 0 Å². The number of imide groups is 1. The number of hydrogen-bond donors (Lipinski definition) is 2. The van der Waals surface area contributed by atoms with Gasteiger partial charge in [0.1, 0.15) is 5.54 Å². The minimum atomic E-state index is -0.919. The van der Waals surface area contributed by atoms with Gasteiger partial charge >= 0.3 is 6.03 Å². The molecular weight excluding hydrogens is 270 g/mol. The van der Waals surface area contributed by atoms with Gasteiger partial charge in [0.2, 0.25) is 5.91 Å². The van der Waals surface area contributed by atoms with E-state index in [4.69, 9.17) is 11.6 Å². The number of likely N-dealkylation sites (tertiary alicyclic amines) is 1. The first kappa shape index (κ1) is 14.1. The summed E-state index contributed by atoms with van der Waals surface area (Å²) in [6.07, 6.45) is 3.30. The molecule has 2 heterocycles. The quantitative estimate of drug-likeness (QED) is 0.451. The van der Waals surface area contributed by atoms with Crippen molar-refractivity contribution in [1.82, 2.24) is 15.5 Å². The van der Waals surface area contributed by atoms with E-state index < -0.39 is 11.6 Å². The molecule has 0 saturated carbocycles. The topological polar surface area (TPSA) is 78.5 Å². The highest BCUT2D eigenvalue weighted by molar-refractivity contribution is 6.17. The number of nitrogens with zero attached hydrogens (tertiary/aromatic N) is 1. The molecule has 0 aromatic carbocycles. The van der Waals surface area contributed by atoms with Crippen LogP contribution < -0.4 is 10.6 Å². The van der Waals surface area contributed by atoms with E-state index in [1.807, 2.05) is 0 Å². The van der Waals surface area contributed by atoms with Crippen molar-refractivity contribution in [3.05, 3.63) is 0 Å². The molecule has 106 valence electrons. The molecule has 2 fully saturated rings. The highest BCUT2D eigenvalue weighted by atomic mass is 35.5. The van der Waals surface area contributed by atoms with Crippen LogP contribution >= 0.6 is 11.6 Å². The Morgan fingerprint density at radius 1 is 1.37 bits per heavy atom. The van der Waals surface area contributed by atoms with Gasteiger partial charge in [-0.15, -0.1) is 11.6 Å². The first-order chi connectivity index (χ1) is 9.07. The minimum absolute atomic E-state index is 0.0261. The number of amides is 4. The van der Waals surface area contributed by atoms with E-state index in [-0.39, 0.29) is 18.4 Å². The second-order valence-corrected chi connectivity index (χ2v) is 5.43. The van der Waals surface area contributed by atoms with Gasteiger partial charge < -0.3 is 10.2 Å². The molecule has 2 rings (SSSR count). The number of unbranched alkanes of at least 4 members (excludes halogenated alkanes) is 1. The zero-order valence-electron chi connectivity index (χ0n) is 10.7. The SMILES string of the molecule is O=C1NC(=O)C2(CCCN(C(=O)CCCCCl)C2)N1. The fourth-order valence-corrected chi connectivity index (χ4v) is 2.80. The lowest BCUT2D eigenvalue weighted by atomic mass is 9.89. The molecular formula is C12H18ClN3O3. The van der Waals surface area contributed by atoms with Crippen LogP contribution in [0.2, 0.25) is 0 Å². The standard InChI is InChI=1S/C12H18ClN3O3/c13-6-2-1-4-9(17)16-7-3-5-12(8-16)10(18)14-11(19)15-12/h1-8H2,(H2,14,15,18,19). The Hall–Kier alpha value is -1.30. The predicted octanol–water partition coefficient (Wildman–Crippen LogP) is 0.596. The molecule has 1 atom stereocenters. The molecule has 7 heteroatoms. The Kier molecular flexibility index (Phi) is 4.29. The van der Waals surface area contributed by atoms with Gasteiger partial charge in [-0.1, -0.05) is 0 Å². The smallest absolute Gasteiger partial charge is 0.322 e. The van der Waals surface area contributed by atoms with Gasteiger partial charge in [-0.25, -0.2) is 4.79 Å². The van der Waals surface area contributed by atoms with E-state index in [2.05, 4.69) is 10.6 Å². The Morgan fingerprint density at radius 3 is 2.79 bits per heavy atom. The van der Waals surface area contributed by atoms with Crippen LogP contribution in [0.3, 0.4) is 0 Å². The second-order valence-electron chi connectivity index (χ2n) is 5.06. The Labute approximate surface area is 116 Å². The fraction of sp³-hybridized carbons (Fsp3) is 0.750. The normalized spacial score (nSPS) is 26.5. The highest BCUT2D eigenvalue weighted by Crippen LogP contribution is 2.25. The number of nitrogens with one attached hydrogen (secondary N) is 2. The third kappa shape index (κ3) is 3.00. The van der Waals surface area contributed by atoms with Crippen LogP contribution in [0.25, 0.3) is 0 Å². The average Bonchev–Trinajstić information content (AvgIpc) is 2.64. The van der Waals surface area contributed by atoms with Crippen LogP contribution in [0.15, 0.2) is 0 Å². The molecule has 4 amide bonds.